The molecule has 0 N–H and O–H groups in total. The van der Waals surface area contributed by atoms with E-state index in [1.807, 2.05) is 0 Å². The first kappa shape index (κ1) is 12.5. The van der Waals surface area contributed by atoms with Crippen LogP contribution < -0.4 is 0 Å². The van der Waals surface area contributed by atoms with Gasteiger partial charge in [-0.25, -0.2) is 0 Å². The van der Waals surface area contributed by atoms with Crippen LogP contribution in [0.4, 0.5) is 0 Å². The van der Waals surface area contributed by atoms with E-state index in [0.717, 1.165) is 12.3 Å². The Balaban J connectivity index is 0. The summed E-state index contributed by atoms with van der Waals surface area (Å²) in [5.41, 5.74) is 0. The molecule has 0 atom stereocenters. The first-order valence-corrected chi connectivity index (χ1v) is 3.56. The molecule has 0 spiro atoms. The summed E-state index contributed by atoms with van der Waals surface area (Å²) in [5.74, 6) is 0.876. The van der Waals surface area contributed by atoms with Crippen molar-refractivity contribution >= 4 is 26.2 Å². The van der Waals surface area contributed by atoms with Crippen molar-refractivity contribution in [1.29, 1.82) is 0 Å². The van der Waals surface area contributed by atoms with E-state index in [1.54, 1.807) is 0 Å². The molecule has 0 fully saturated rings. The molecular weight excluding hydrogens is 305 g/mol. The summed E-state index contributed by atoms with van der Waals surface area (Å²) in [7, 11) is 0. The molecule has 0 bridgehead atoms. The number of hydrogen-bond acceptors (Lipinski definition) is 0. The number of hydrogen-bond donors (Lipinski definition) is 0. The minimum atomic E-state index is 0. The molecule has 0 saturated carbocycles. The van der Waals surface area contributed by atoms with Crippen LogP contribution in [-0.4, -0.2) is 26.2 Å². The topological polar surface area (TPSA) is 0 Å². The zero-order chi connectivity index (χ0) is 6.41. The van der Waals surface area contributed by atoms with E-state index in [1.165, 1.54) is 19.3 Å². The van der Waals surface area contributed by atoms with Gasteiger partial charge in [0.25, 0.3) is 0 Å². The van der Waals surface area contributed by atoms with E-state index in [0.29, 0.717) is 0 Å². The molecule has 0 aliphatic carbocycles. The summed E-state index contributed by atoms with van der Waals surface area (Å²) >= 11 is 0. The van der Waals surface area contributed by atoms with Crippen molar-refractivity contribution in [3.8, 4) is 0 Å². The Kier molecular flexibility index (Phi) is 12.4. The van der Waals surface area contributed by atoms with Gasteiger partial charge in [-0.1, -0.05) is 46.5 Å². The molecule has 9 heavy (non-hydrogen) atoms. The number of rotatable bonds is 4. The predicted molar refractivity (Wildman–Crippen MR) is 48.6 cm³/mol. The Morgan fingerprint density at radius 2 is 1.78 bits per heavy atom. The third-order valence-corrected chi connectivity index (χ3v) is 1.28. The van der Waals surface area contributed by atoms with Crippen LogP contribution in [0.3, 0.4) is 0 Å². The van der Waals surface area contributed by atoms with Crippen LogP contribution in [0.2, 0.25) is 0 Å². The zero-order valence-electron chi connectivity index (χ0n) is 6.82. The predicted octanol–water partition coefficient (Wildman–Crippen LogP) is 1.85. The molecule has 0 aromatic heterocycles. The van der Waals surface area contributed by atoms with E-state index < -0.39 is 0 Å². The van der Waals surface area contributed by atoms with Gasteiger partial charge in [-0.15, -0.1) is 0 Å². The van der Waals surface area contributed by atoms with Crippen LogP contribution in [0.5, 0.6) is 0 Å². The third-order valence-electron chi connectivity index (χ3n) is 1.28. The summed E-state index contributed by atoms with van der Waals surface area (Å²) in [6.45, 7) is 8.32. The fraction of sp³-hybridized carbons (Fsp3) is 0.875. The Morgan fingerprint density at radius 3 is 2.11 bits per heavy atom. The van der Waals surface area contributed by atoms with Gasteiger partial charge in [-0.05, 0) is 5.92 Å². The SMILES string of the molecule is [BiH3].[CH2]CCCCC(C)C. The van der Waals surface area contributed by atoms with E-state index in [-0.39, 0.29) is 26.2 Å². The maximum absolute atomic E-state index is 3.78. The van der Waals surface area contributed by atoms with Crippen molar-refractivity contribution in [2.45, 2.75) is 39.5 Å². The average molecular weight is 325 g/mol. The van der Waals surface area contributed by atoms with Gasteiger partial charge in [0.2, 0.25) is 0 Å². The molecule has 0 heterocycles. The van der Waals surface area contributed by atoms with E-state index in [4.69, 9.17) is 0 Å². The van der Waals surface area contributed by atoms with Gasteiger partial charge in [-0.2, -0.15) is 0 Å². The smallest absolute Gasteiger partial charge is 0.0471 e. The van der Waals surface area contributed by atoms with Crippen molar-refractivity contribution in [3.63, 3.8) is 0 Å². The maximum Gasteiger partial charge on any atom is -0.0471 e. The second-order valence-electron chi connectivity index (χ2n) is 2.74. The van der Waals surface area contributed by atoms with Crippen LogP contribution >= 0.6 is 0 Å². The molecule has 0 aromatic carbocycles. The van der Waals surface area contributed by atoms with Gasteiger partial charge in [0.1, 0.15) is 0 Å². The standard InChI is InChI=1S/C8H17.Bi.3H/c1-4-5-6-7-8(2)3;;;;/h8H,1,4-7H2,2-3H3;;;;. The normalized spacial score (nSPS) is 9.33. The Morgan fingerprint density at radius 1 is 1.22 bits per heavy atom. The first-order chi connectivity index (χ1) is 3.77. The van der Waals surface area contributed by atoms with Gasteiger partial charge >= 0.3 is 26.2 Å². The quantitative estimate of drug-likeness (QED) is 0.547. The van der Waals surface area contributed by atoms with Gasteiger partial charge in [0.15, 0.2) is 0 Å². The zero-order valence-corrected chi connectivity index (χ0v) is 12.3. The molecule has 1 heteroatoms. The van der Waals surface area contributed by atoms with Crippen molar-refractivity contribution in [3.05, 3.63) is 6.92 Å². The van der Waals surface area contributed by atoms with Gasteiger partial charge in [0, 0.05) is 0 Å². The molecule has 0 unspecified atom stereocenters. The van der Waals surface area contributed by atoms with Crippen molar-refractivity contribution in [2.24, 2.45) is 5.92 Å². The van der Waals surface area contributed by atoms with Gasteiger partial charge < -0.3 is 0 Å². The minimum absolute atomic E-state index is 0. The molecular formula is C8H20Bi. The summed E-state index contributed by atoms with van der Waals surface area (Å²) in [6.07, 6.45) is 5.14. The number of unbranched alkanes of at least 4 members (excludes halogenated alkanes) is 2. The molecule has 0 nitrogen and oxygen atoms in total. The van der Waals surface area contributed by atoms with E-state index in [9.17, 15) is 0 Å². The van der Waals surface area contributed by atoms with Gasteiger partial charge in [-0.3, -0.25) is 0 Å². The van der Waals surface area contributed by atoms with Crippen molar-refractivity contribution in [1.82, 2.24) is 0 Å². The van der Waals surface area contributed by atoms with Crippen molar-refractivity contribution < 1.29 is 0 Å². The molecule has 0 aromatic rings. The summed E-state index contributed by atoms with van der Waals surface area (Å²) in [6, 6.07) is 0. The largest absolute Gasteiger partial charge is 0.0628 e. The second kappa shape index (κ2) is 8.88. The van der Waals surface area contributed by atoms with Crippen LogP contribution in [0, 0.1) is 12.8 Å². The third kappa shape index (κ3) is 12.2. The fourth-order valence-corrected chi connectivity index (χ4v) is 0.729. The first-order valence-electron chi connectivity index (χ1n) is 3.56. The van der Waals surface area contributed by atoms with Crippen LogP contribution in [0.15, 0.2) is 0 Å². The molecule has 0 aliphatic rings. The Labute approximate surface area is 78.5 Å². The van der Waals surface area contributed by atoms with E-state index >= 15 is 0 Å². The van der Waals surface area contributed by atoms with Crippen molar-refractivity contribution in [2.75, 3.05) is 0 Å². The second-order valence-corrected chi connectivity index (χ2v) is 2.74. The molecule has 1 radical (unpaired) electrons. The molecule has 0 saturated heterocycles. The molecule has 0 aliphatic heterocycles. The molecule has 57 valence electrons. The van der Waals surface area contributed by atoms with Crippen LogP contribution in [-0.2, 0) is 0 Å². The molecule has 0 amide bonds. The molecule has 0 rings (SSSR count). The summed E-state index contributed by atoms with van der Waals surface area (Å²) in [5, 5.41) is 0. The monoisotopic (exact) mass is 325 g/mol. The Hall–Kier alpha value is 0.883. The maximum atomic E-state index is 3.78. The summed E-state index contributed by atoms with van der Waals surface area (Å²) in [4.78, 5) is 0. The van der Waals surface area contributed by atoms with Gasteiger partial charge in [0.05, 0.1) is 0 Å². The van der Waals surface area contributed by atoms with E-state index in [2.05, 4.69) is 20.8 Å². The van der Waals surface area contributed by atoms with Crippen LogP contribution in [0.25, 0.3) is 0 Å². The van der Waals surface area contributed by atoms with Crippen LogP contribution in [0.1, 0.15) is 39.5 Å². The average Bonchev–Trinajstić information content (AvgIpc) is 1.66. The summed E-state index contributed by atoms with van der Waals surface area (Å²) < 4.78 is 0. The Bertz CT molecular complexity index is 41.8. The minimum Gasteiger partial charge on any atom is -0.0628 e. The fourth-order valence-electron chi connectivity index (χ4n) is 0.729.